The molecule has 0 unspecified atom stereocenters. The highest BCUT2D eigenvalue weighted by Crippen LogP contribution is 2.19. The number of nitrogens with one attached hydrogen (secondary N) is 2. The summed E-state index contributed by atoms with van der Waals surface area (Å²) < 4.78 is 5.38. The topological polar surface area (TPSA) is 50.4 Å². The van der Waals surface area contributed by atoms with Gasteiger partial charge in [-0.1, -0.05) is 36.4 Å². The van der Waals surface area contributed by atoms with E-state index in [2.05, 4.69) is 16.7 Å². The molecule has 0 aromatic heterocycles. The summed E-state index contributed by atoms with van der Waals surface area (Å²) in [7, 11) is 1.69. The van der Waals surface area contributed by atoms with Crippen LogP contribution in [0.3, 0.4) is 0 Å². The largest absolute Gasteiger partial charge is 0.496 e. The van der Waals surface area contributed by atoms with Gasteiger partial charge in [0.1, 0.15) is 5.75 Å². The molecule has 138 valence electrons. The van der Waals surface area contributed by atoms with Gasteiger partial charge in [-0.15, -0.1) is 0 Å². The summed E-state index contributed by atoms with van der Waals surface area (Å²) in [6.07, 6.45) is 0.871. The lowest BCUT2D eigenvalue weighted by atomic mass is 10.1. The number of rotatable bonds is 7. The van der Waals surface area contributed by atoms with Gasteiger partial charge in [-0.2, -0.15) is 0 Å². The van der Waals surface area contributed by atoms with Crippen LogP contribution < -0.4 is 15.4 Å². The lowest BCUT2D eigenvalue weighted by molar-refractivity contribution is 0.102. The molecule has 1 amide bonds. The molecule has 3 aromatic rings. The third-order valence-electron chi connectivity index (χ3n) is 4.45. The molecule has 0 heterocycles. The van der Waals surface area contributed by atoms with E-state index in [-0.39, 0.29) is 5.91 Å². The predicted molar refractivity (Wildman–Crippen MR) is 111 cm³/mol. The van der Waals surface area contributed by atoms with E-state index in [9.17, 15) is 4.79 Å². The van der Waals surface area contributed by atoms with Gasteiger partial charge in [0.05, 0.1) is 7.11 Å². The molecule has 0 saturated carbocycles. The van der Waals surface area contributed by atoms with Crippen molar-refractivity contribution in [3.8, 4) is 5.75 Å². The molecule has 0 saturated heterocycles. The van der Waals surface area contributed by atoms with Crippen LogP contribution in [0, 0.1) is 6.92 Å². The summed E-state index contributed by atoms with van der Waals surface area (Å²) in [4.78, 5) is 12.4. The third kappa shape index (κ3) is 4.88. The maximum Gasteiger partial charge on any atom is 0.255 e. The van der Waals surface area contributed by atoms with Crippen LogP contribution in [0.15, 0.2) is 72.8 Å². The van der Waals surface area contributed by atoms with Crippen molar-refractivity contribution in [2.75, 3.05) is 24.3 Å². The molecule has 0 radical (unpaired) electrons. The number of hydrogen-bond donors (Lipinski definition) is 2. The van der Waals surface area contributed by atoms with Gasteiger partial charge in [-0.3, -0.25) is 4.79 Å². The number of anilines is 2. The van der Waals surface area contributed by atoms with Crippen LogP contribution in [0.4, 0.5) is 11.4 Å². The van der Waals surface area contributed by atoms with Gasteiger partial charge in [-0.05, 0) is 60.9 Å². The van der Waals surface area contributed by atoms with E-state index in [4.69, 9.17) is 4.74 Å². The van der Waals surface area contributed by atoms with E-state index in [1.807, 2.05) is 73.7 Å². The fourth-order valence-corrected chi connectivity index (χ4v) is 2.95. The molecular weight excluding hydrogens is 336 g/mol. The first-order valence-electron chi connectivity index (χ1n) is 9.00. The van der Waals surface area contributed by atoms with Gasteiger partial charge < -0.3 is 15.4 Å². The number of benzene rings is 3. The van der Waals surface area contributed by atoms with Gasteiger partial charge in [0.15, 0.2) is 0 Å². The van der Waals surface area contributed by atoms with Crippen LogP contribution in [0.1, 0.15) is 21.5 Å². The van der Waals surface area contributed by atoms with Crippen LogP contribution in [0.2, 0.25) is 0 Å². The van der Waals surface area contributed by atoms with Gasteiger partial charge >= 0.3 is 0 Å². The summed E-state index contributed by atoms with van der Waals surface area (Å²) in [6.45, 7) is 2.74. The Labute approximate surface area is 160 Å². The summed E-state index contributed by atoms with van der Waals surface area (Å²) in [5, 5.41) is 6.34. The minimum Gasteiger partial charge on any atom is -0.496 e. The second-order valence-corrected chi connectivity index (χ2v) is 6.34. The first kappa shape index (κ1) is 18.5. The highest BCUT2D eigenvalue weighted by Gasteiger charge is 2.08. The molecule has 27 heavy (non-hydrogen) atoms. The second-order valence-electron chi connectivity index (χ2n) is 6.34. The minimum atomic E-state index is -0.0926. The Kier molecular flexibility index (Phi) is 6.10. The monoisotopic (exact) mass is 360 g/mol. The smallest absolute Gasteiger partial charge is 0.255 e. The number of ether oxygens (including phenoxy) is 1. The normalized spacial score (nSPS) is 10.3. The average Bonchev–Trinajstić information content (AvgIpc) is 2.70. The van der Waals surface area contributed by atoms with Crippen LogP contribution >= 0.6 is 0 Å². The highest BCUT2D eigenvalue weighted by atomic mass is 16.5. The first-order valence-corrected chi connectivity index (χ1v) is 9.00. The standard InChI is InChI=1S/C23H24N2O2/c1-17-7-3-5-9-21(17)23(26)25-20-13-11-19(12-14-20)24-16-15-18-8-4-6-10-22(18)27-2/h3-14,24H,15-16H2,1-2H3,(H,25,26). The quantitative estimate of drug-likeness (QED) is 0.629. The summed E-state index contributed by atoms with van der Waals surface area (Å²) in [5.74, 6) is 0.818. The molecule has 4 nitrogen and oxygen atoms in total. The number of carbonyl (C=O) groups is 1. The number of aryl methyl sites for hydroxylation is 1. The Bertz CT molecular complexity index is 904. The summed E-state index contributed by atoms with van der Waals surface area (Å²) in [6, 6.07) is 23.3. The van der Waals surface area contributed by atoms with Crippen LogP contribution in [0.5, 0.6) is 5.75 Å². The fourth-order valence-electron chi connectivity index (χ4n) is 2.95. The van der Waals surface area contributed by atoms with Crippen molar-refractivity contribution in [2.45, 2.75) is 13.3 Å². The molecule has 0 aliphatic heterocycles. The number of methoxy groups -OCH3 is 1. The maximum absolute atomic E-state index is 12.4. The van der Waals surface area contributed by atoms with E-state index in [0.717, 1.165) is 35.7 Å². The predicted octanol–water partition coefficient (Wildman–Crippen LogP) is 4.91. The molecule has 3 aromatic carbocycles. The number of hydrogen-bond acceptors (Lipinski definition) is 3. The second kappa shape index (κ2) is 8.90. The van der Waals surface area contributed by atoms with E-state index < -0.39 is 0 Å². The van der Waals surface area contributed by atoms with Gasteiger partial charge in [0.25, 0.3) is 5.91 Å². The molecule has 2 N–H and O–H groups in total. The van der Waals surface area contributed by atoms with Crippen molar-refractivity contribution in [2.24, 2.45) is 0 Å². The Morgan fingerprint density at radius 2 is 1.56 bits per heavy atom. The molecule has 0 fully saturated rings. The van der Waals surface area contributed by atoms with Gasteiger partial charge in [0, 0.05) is 23.5 Å². The lowest BCUT2D eigenvalue weighted by Crippen LogP contribution is -2.13. The Morgan fingerprint density at radius 1 is 0.889 bits per heavy atom. The molecule has 0 atom stereocenters. The summed E-state index contributed by atoms with van der Waals surface area (Å²) >= 11 is 0. The van der Waals surface area contributed by atoms with E-state index in [1.54, 1.807) is 7.11 Å². The van der Waals surface area contributed by atoms with Crippen LogP contribution in [-0.2, 0) is 6.42 Å². The SMILES string of the molecule is COc1ccccc1CCNc1ccc(NC(=O)c2ccccc2C)cc1. The zero-order chi connectivity index (χ0) is 19.1. The number of carbonyl (C=O) groups excluding carboxylic acids is 1. The van der Waals surface area contributed by atoms with Crippen molar-refractivity contribution in [1.82, 2.24) is 0 Å². The molecule has 0 aliphatic rings. The zero-order valence-corrected chi connectivity index (χ0v) is 15.7. The lowest BCUT2D eigenvalue weighted by Gasteiger charge is -2.11. The Hall–Kier alpha value is -3.27. The minimum absolute atomic E-state index is 0.0926. The van der Waals surface area contributed by atoms with Crippen molar-refractivity contribution >= 4 is 17.3 Å². The molecule has 0 aliphatic carbocycles. The van der Waals surface area contributed by atoms with E-state index in [0.29, 0.717) is 5.56 Å². The maximum atomic E-state index is 12.4. The van der Waals surface area contributed by atoms with E-state index >= 15 is 0 Å². The van der Waals surface area contributed by atoms with Crippen molar-refractivity contribution in [1.29, 1.82) is 0 Å². The Balaban J connectivity index is 1.54. The molecule has 0 spiro atoms. The molecule has 4 heteroatoms. The van der Waals surface area contributed by atoms with Crippen molar-refractivity contribution in [3.05, 3.63) is 89.5 Å². The van der Waals surface area contributed by atoms with Crippen molar-refractivity contribution < 1.29 is 9.53 Å². The fraction of sp³-hybridized carbons (Fsp3) is 0.174. The number of amides is 1. The third-order valence-corrected chi connectivity index (χ3v) is 4.45. The van der Waals surface area contributed by atoms with Crippen LogP contribution in [-0.4, -0.2) is 19.6 Å². The van der Waals surface area contributed by atoms with Gasteiger partial charge in [0.2, 0.25) is 0 Å². The van der Waals surface area contributed by atoms with Crippen molar-refractivity contribution in [3.63, 3.8) is 0 Å². The van der Waals surface area contributed by atoms with E-state index in [1.165, 1.54) is 5.56 Å². The average molecular weight is 360 g/mol. The molecule has 0 bridgehead atoms. The van der Waals surface area contributed by atoms with Gasteiger partial charge in [-0.25, -0.2) is 0 Å². The zero-order valence-electron chi connectivity index (χ0n) is 15.7. The van der Waals surface area contributed by atoms with Crippen LogP contribution in [0.25, 0.3) is 0 Å². The first-order chi connectivity index (χ1) is 13.2. The Morgan fingerprint density at radius 3 is 2.30 bits per heavy atom. The number of para-hydroxylation sites is 1. The molecule has 3 rings (SSSR count). The highest BCUT2D eigenvalue weighted by molar-refractivity contribution is 6.05. The summed E-state index contributed by atoms with van der Waals surface area (Å²) in [5.41, 5.74) is 4.62. The molecular formula is C23H24N2O2.